The molecule has 0 fully saturated rings. The van der Waals surface area contributed by atoms with Gasteiger partial charge in [0.1, 0.15) is 4.21 Å². The molecule has 0 aromatic carbocycles. The molecule has 14 heavy (non-hydrogen) atoms. The van der Waals surface area contributed by atoms with Gasteiger partial charge in [0.15, 0.2) is 0 Å². The molecule has 0 unspecified atom stereocenters. The third-order valence-corrected chi connectivity index (χ3v) is 5.83. The Labute approximate surface area is 101 Å². The second-order valence-corrected chi connectivity index (χ2v) is 6.61. The summed E-state index contributed by atoms with van der Waals surface area (Å²) in [6, 6.07) is 1.71. The molecule has 0 saturated heterocycles. The zero-order valence-corrected chi connectivity index (χ0v) is 11.1. The average molecular weight is 319 g/mol. The van der Waals surface area contributed by atoms with Crippen LogP contribution in [-0.4, -0.2) is 20.8 Å². The van der Waals surface area contributed by atoms with Crippen molar-refractivity contribution in [2.75, 3.05) is 12.4 Å². The third kappa shape index (κ3) is 3.20. The first-order valence-electron chi connectivity index (χ1n) is 3.86. The van der Waals surface area contributed by atoms with Gasteiger partial charge in [0, 0.05) is 16.9 Å². The lowest BCUT2D eigenvalue weighted by Crippen LogP contribution is -2.24. The number of alkyl halides is 1. The first-order valence-corrected chi connectivity index (χ1v) is 7.55. The second-order valence-electron chi connectivity index (χ2n) is 2.50. The quantitative estimate of drug-likeness (QED) is 0.669. The molecule has 0 radical (unpaired) electrons. The second kappa shape index (κ2) is 5.46. The van der Waals surface area contributed by atoms with Crippen molar-refractivity contribution in [3.8, 4) is 0 Å². The van der Waals surface area contributed by atoms with Gasteiger partial charge in [-0.25, -0.2) is 13.1 Å². The van der Waals surface area contributed by atoms with Crippen molar-refractivity contribution in [2.24, 2.45) is 0 Å². The third-order valence-electron chi connectivity index (χ3n) is 1.43. The molecule has 0 saturated carbocycles. The van der Waals surface area contributed by atoms with Gasteiger partial charge in [0.25, 0.3) is 10.0 Å². The van der Waals surface area contributed by atoms with E-state index in [2.05, 4.69) is 20.7 Å². The Morgan fingerprint density at radius 3 is 2.79 bits per heavy atom. The van der Waals surface area contributed by atoms with Gasteiger partial charge in [-0.1, -0.05) is 0 Å². The Bertz CT molecular complexity index is 390. The summed E-state index contributed by atoms with van der Waals surface area (Å²) in [6.45, 7) is 0.371. The minimum absolute atomic E-state index is 0.312. The largest absolute Gasteiger partial charge is 0.251 e. The molecule has 1 N–H and O–H groups in total. The zero-order chi connectivity index (χ0) is 10.6. The fraction of sp³-hybridized carbons (Fsp3) is 0.429. The summed E-state index contributed by atoms with van der Waals surface area (Å²) in [4.78, 5) is 0. The molecule has 0 spiro atoms. The summed E-state index contributed by atoms with van der Waals surface area (Å²) in [6.07, 6.45) is 0.629. The van der Waals surface area contributed by atoms with Crippen LogP contribution in [0.3, 0.4) is 0 Å². The molecule has 80 valence electrons. The van der Waals surface area contributed by atoms with Crippen molar-refractivity contribution in [3.05, 3.63) is 15.9 Å². The van der Waals surface area contributed by atoms with E-state index in [-0.39, 0.29) is 0 Å². The molecular weight excluding hydrogens is 310 g/mol. The number of halogens is 2. The molecule has 0 bridgehead atoms. The molecule has 1 aromatic rings. The lowest BCUT2D eigenvalue weighted by Gasteiger charge is -2.03. The lowest BCUT2D eigenvalue weighted by molar-refractivity contribution is 0.582. The van der Waals surface area contributed by atoms with Crippen LogP contribution >= 0.6 is 38.9 Å². The molecule has 0 aliphatic heterocycles. The fourth-order valence-corrected chi connectivity index (χ4v) is 4.40. The van der Waals surface area contributed by atoms with Crippen LogP contribution in [0, 0.1) is 0 Å². The summed E-state index contributed by atoms with van der Waals surface area (Å²) in [5.74, 6) is 0.453. The van der Waals surface area contributed by atoms with Gasteiger partial charge >= 0.3 is 0 Å². The van der Waals surface area contributed by atoms with Gasteiger partial charge in [-0.3, -0.25) is 0 Å². The summed E-state index contributed by atoms with van der Waals surface area (Å²) in [7, 11) is -3.36. The van der Waals surface area contributed by atoms with Gasteiger partial charge in [0.2, 0.25) is 0 Å². The summed E-state index contributed by atoms with van der Waals surface area (Å²) < 4.78 is 26.6. The minimum atomic E-state index is -3.36. The van der Waals surface area contributed by atoms with Crippen LogP contribution < -0.4 is 4.72 Å². The standard InChI is InChI=1S/C7H9BrClNO2S2/c8-6-2-5-13-7(6)14(11,12)10-4-1-3-9/h2,5,10H,1,3-4H2. The van der Waals surface area contributed by atoms with E-state index >= 15 is 0 Å². The molecule has 0 aliphatic rings. The predicted molar refractivity (Wildman–Crippen MR) is 62.5 cm³/mol. The average Bonchev–Trinajstić information content (AvgIpc) is 2.52. The zero-order valence-electron chi connectivity index (χ0n) is 7.16. The van der Waals surface area contributed by atoms with E-state index in [0.29, 0.717) is 27.5 Å². The molecule has 1 aromatic heterocycles. The summed E-state index contributed by atoms with van der Waals surface area (Å²) in [5.41, 5.74) is 0. The predicted octanol–water partition coefficient (Wildman–Crippen LogP) is 2.42. The van der Waals surface area contributed by atoms with Gasteiger partial charge < -0.3 is 0 Å². The highest BCUT2D eigenvalue weighted by Gasteiger charge is 2.17. The number of hydrogen-bond donors (Lipinski definition) is 1. The highest BCUT2D eigenvalue weighted by molar-refractivity contribution is 9.10. The van der Waals surface area contributed by atoms with Crippen LogP contribution in [0.5, 0.6) is 0 Å². The Hall–Kier alpha value is 0.380. The number of hydrogen-bond acceptors (Lipinski definition) is 3. The normalized spacial score (nSPS) is 11.9. The Balaban J connectivity index is 2.72. The Morgan fingerprint density at radius 2 is 2.29 bits per heavy atom. The van der Waals surface area contributed by atoms with Crippen LogP contribution in [0.15, 0.2) is 20.1 Å². The number of rotatable bonds is 5. The molecule has 3 nitrogen and oxygen atoms in total. The highest BCUT2D eigenvalue weighted by atomic mass is 79.9. The van der Waals surface area contributed by atoms with Gasteiger partial charge in [-0.05, 0) is 33.8 Å². The molecule has 0 amide bonds. The van der Waals surface area contributed by atoms with Crippen LogP contribution in [0.1, 0.15) is 6.42 Å². The summed E-state index contributed by atoms with van der Waals surface area (Å²) in [5, 5.41) is 1.72. The van der Waals surface area contributed by atoms with E-state index in [1.54, 1.807) is 11.4 Å². The molecule has 7 heteroatoms. The molecule has 1 rings (SSSR count). The van der Waals surface area contributed by atoms with Gasteiger partial charge in [-0.2, -0.15) is 0 Å². The minimum Gasteiger partial charge on any atom is -0.210 e. The van der Waals surface area contributed by atoms with Crippen LogP contribution in [-0.2, 0) is 10.0 Å². The van der Waals surface area contributed by atoms with E-state index in [1.165, 1.54) is 11.3 Å². The highest BCUT2D eigenvalue weighted by Crippen LogP contribution is 2.27. The maximum atomic E-state index is 11.6. The van der Waals surface area contributed by atoms with Crippen molar-refractivity contribution in [3.63, 3.8) is 0 Å². The van der Waals surface area contributed by atoms with Crippen LogP contribution in [0.4, 0.5) is 0 Å². The van der Waals surface area contributed by atoms with Crippen molar-refractivity contribution < 1.29 is 8.42 Å². The lowest BCUT2D eigenvalue weighted by atomic mass is 10.5. The van der Waals surface area contributed by atoms with Crippen molar-refractivity contribution >= 4 is 48.9 Å². The molecule has 0 aliphatic carbocycles. The van der Waals surface area contributed by atoms with E-state index in [9.17, 15) is 8.42 Å². The molecular formula is C7H9BrClNO2S2. The maximum Gasteiger partial charge on any atom is 0.251 e. The van der Waals surface area contributed by atoms with E-state index in [1.807, 2.05) is 0 Å². The van der Waals surface area contributed by atoms with Gasteiger partial charge in [0.05, 0.1) is 0 Å². The van der Waals surface area contributed by atoms with Crippen LogP contribution in [0.25, 0.3) is 0 Å². The van der Waals surface area contributed by atoms with Crippen LogP contribution in [0.2, 0.25) is 0 Å². The van der Waals surface area contributed by atoms with E-state index in [0.717, 1.165) is 0 Å². The summed E-state index contributed by atoms with van der Waals surface area (Å²) >= 11 is 9.81. The molecule has 0 atom stereocenters. The fourth-order valence-electron chi connectivity index (χ4n) is 0.810. The van der Waals surface area contributed by atoms with E-state index in [4.69, 9.17) is 11.6 Å². The smallest absolute Gasteiger partial charge is 0.210 e. The monoisotopic (exact) mass is 317 g/mol. The SMILES string of the molecule is O=S(=O)(NCCCCl)c1sccc1Br. The van der Waals surface area contributed by atoms with Crippen molar-refractivity contribution in [2.45, 2.75) is 10.6 Å². The molecule has 1 heterocycles. The van der Waals surface area contributed by atoms with Crippen molar-refractivity contribution in [1.29, 1.82) is 0 Å². The number of sulfonamides is 1. The van der Waals surface area contributed by atoms with E-state index < -0.39 is 10.0 Å². The van der Waals surface area contributed by atoms with Crippen molar-refractivity contribution in [1.82, 2.24) is 4.72 Å². The first kappa shape index (κ1) is 12.4. The topological polar surface area (TPSA) is 46.2 Å². The maximum absolute atomic E-state index is 11.6. The number of thiophene rings is 1. The Kier molecular flexibility index (Phi) is 4.86. The first-order chi connectivity index (χ1) is 6.58. The number of nitrogens with one attached hydrogen (secondary N) is 1. The van der Waals surface area contributed by atoms with Gasteiger partial charge in [-0.15, -0.1) is 22.9 Å². The Morgan fingerprint density at radius 1 is 1.57 bits per heavy atom.